The number of allylic oxidation sites excluding steroid dienone is 1. The number of benzene rings is 2. The van der Waals surface area contributed by atoms with E-state index in [9.17, 15) is 13.6 Å². The molecular formula is C20H18ClF2N3O3S. The highest BCUT2D eigenvalue weighted by atomic mass is 35.5. The van der Waals surface area contributed by atoms with Crippen molar-refractivity contribution in [2.45, 2.75) is 19.6 Å². The molecule has 0 spiro atoms. The van der Waals surface area contributed by atoms with Crippen LogP contribution in [0.2, 0.25) is 5.02 Å². The number of amides is 1. The highest BCUT2D eigenvalue weighted by Gasteiger charge is 2.30. The van der Waals surface area contributed by atoms with Gasteiger partial charge in [0.15, 0.2) is 5.11 Å². The second-order valence-corrected chi connectivity index (χ2v) is 7.16. The summed E-state index contributed by atoms with van der Waals surface area (Å²) < 4.78 is 34.5. The molecule has 0 bridgehead atoms. The van der Waals surface area contributed by atoms with E-state index in [0.717, 1.165) is 0 Å². The highest BCUT2D eigenvalue weighted by Crippen LogP contribution is 2.32. The maximum absolute atomic E-state index is 13.1. The van der Waals surface area contributed by atoms with Crippen molar-refractivity contribution in [1.82, 2.24) is 10.6 Å². The van der Waals surface area contributed by atoms with Gasteiger partial charge >= 0.3 is 6.61 Å². The molecule has 1 amide bonds. The average Bonchev–Trinajstić information content (AvgIpc) is 2.68. The molecule has 2 aromatic carbocycles. The van der Waals surface area contributed by atoms with Crippen LogP contribution in [0.5, 0.6) is 11.5 Å². The van der Waals surface area contributed by atoms with Crippen molar-refractivity contribution >= 4 is 40.5 Å². The van der Waals surface area contributed by atoms with Gasteiger partial charge in [-0.3, -0.25) is 4.79 Å². The highest BCUT2D eigenvalue weighted by molar-refractivity contribution is 7.80. The minimum Gasteiger partial charge on any atom is -0.495 e. The van der Waals surface area contributed by atoms with Crippen LogP contribution in [0.15, 0.2) is 53.7 Å². The van der Waals surface area contributed by atoms with Crippen LogP contribution in [0.25, 0.3) is 0 Å². The number of rotatable bonds is 6. The van der Waals surface area contributed by atoms with Crippen molar-refractivity contribution in [3.05, 3.63) is 64.3 Å². The zero-order chi connectivity index (χ0) is 21.8. The quantitative estimate of drug-likeness (QED) is 0.564. The van der Waals surface area contributed by atoms with Crippen LogP contribution >= 0.6 is 23.8 Å². The molecule has 1 heterocycles. The number of nitrogens with one attached hydrogen (secondary N) is 3. The van der Waals surface area contributed by atoms with Gasteiger partial charge in [0, 0.05) is 16.8 Å². The number of halogens is 3. The molecule has 0 saturated carbocycles. The molecule has 6 nitrogen and oxygen atoms in total. The van der Waals surface area contributed by atoms with E-state index in [1.807, 2.05) is 0 Å². The van der Waals surface area contributed by atoms with Gasteiger partial charge in [0.05, 0.1) is 24.4 Å². The molecule has 10 heteroatoms. The zero-order valence-electron chi connectivity index (χ0n) is 16.0. The van der Waals surface area contributed by atoms with Gasteiger partial charge in [-0.1, -0.05) is 23.7 Å². The number of ether oxygens (including phenoxy) is 2. The maximum Gasteiger partial charge on any atom is 0.387 e. The first kappa shape index (κ1) is 21.8. The average molecular weight is 454 g/mol. The first-order valence-corrected chi connectivity index (χ1v) is 9.55. The Morgan fingerprint density at radius 3 is 2.57 bits per heavy atom. The Hall–Kier alpha value is -2.91. The van der Waals surface area contributed by atoms with E-state index in [2.05, 4.69) is 20.7 Å². The van der Waals surface area contributed by atoms with Crippen LogP contribution in [-0.2, 0) is 4.79 Å². The van der Waals surface area contributed by atoms with Gasteiger partial charge in [0.2, 0.25) is 0 Å². The van der Waals surface area contributed by atoms with Gasteiger partial charge in [0.25, 0.3) is 5.91 Å². The van der Waals surface area contributed by atoms with Gasteiger partial charge in [-0.25, -0.2) is 0 Å². The number of alkyl halides is 2. The number of hydrogen-bond acceptors (Lipinski definition) is 4. The van der Waals surface area contributed by atoms with Crippen LogP contribution in [0, 0.1) is 0 Å². The molecule has 158 valence electrons. The summed E-state index contributed by atoms with van der Waals surface area (Å²) in [6.07, 6.45) is 0. The fourth-order valence-electron chi connectivity index (χ4n) is 3.04. The largest absolute Gasteiger partial charge is 0.495 e. The lowest BCUT2D eigenvalue weighted by Crippen LogP contribution is -2.45. The minimum absolute atomic E-state index is 0.0165. The maximum atomic E-state index is 13.1. The topological polar surface area (TPSA) is 71.6 Å². The molecule has 0 aliphatic carbocycles. The standard InChI is InChI=1S/C20H18ClF2N3O3S/c1-10-16(18(27)25-14-8-5-12(21)9-15(14)28-2)17(26-20(30)24-10)11-3-6-13(7-4-11)29-19(22)23/h3-9,17,19H,1-2H3,(H,25,27)(H2,24,26,30). The lowest BCUT2D eigenvalue weighted by atomic mass is 9.95. The van der Waals surface area contributed by atoms with Gasteiger partial charge in [-0.15, -0.1) is 0 Å². The van der Waals surface area contributed by atoms with Gasteiger partial charge in [0.1, 0.15) is 11.5 Å². The predicted octanol–water partition coefficient (Wildman–Crippen LogP) is 4.38. The number of hydrogen-bond donors (Lipinski definition) is 3. The van der Waals surface area contributed by atoms with Gasteiger partial charge in [-0.2, -0.15) is 8.78 Å². The second-order valence-electron chi connectivity index (χ2n) is 6.32. The van der Waals surface area contributed by atoms with E-state index in [4.69, 9.17) is 28.6 Å². The van der Waals surface area contributed by atoms with E-state index in [-0.39, 0.29) is 5.75 Å². The Kier molecular flexibility index (Phi) is 6.73. The zero-order valence-corrected chi connectivity index (χ0v) is 17.5. The van der Waals surface area contributed by atoms with Crippen LogP contribution < -0.4 is 25.4 Å². The van der Waals surface area contributed by atoms with Crippen molar-refractivity contribution in [2.24, 2.45) is 0 Å². The van der Waals surface area contributed by atoms with Crippen LogP contribution in [0.3, 0.4) is 0 Å². The molecule has 0 radical (unpaired) electrons. The number of anilines is 1. The Balaban J connectivity index is 1.91. The van der Waals surface area contributed by atoms with Crippen molar-refractivity contribution in [2.75, 3.05) is 12.4 Å². The third-order valence-corrected chi connectivity index (χ3v) is 4.82. The summed E-state index contributed by atoms with van der Waals surface area (Å²) in [5, 5.41) is 9.59. The summed E-state index contributed by atoms with van der Waals surface area (Å²) in [5.41, 5.74) is 2.03. The number of thiocarbonyl (C=S) groups is 1. The first-order valence-electron chi connectivity index (χ1n) is 8.76. The Morgan fingerprint density at radius 1 is 1.23 bits per heavy atom. The Bertz CT molecular complexity index is 999. The molecule has 0 fully saturated rings. The molecule has 3 rings (SSSR count). The van der Waals surface area contributed by atoms with Gasteiger partial charge in [-0.05, 0) is 49.0 Å². The summed E-state index contributed by atoms with van der Waals surface area (Å²) in [7, 11) is 1.47. The molecule has 30 heavy (non-hydrogen) atoms. The second kappa shape index (κ2) is 9.27. The summed E-state index contributed by atoms with van der Waals surface area (Å²) in [4.78, 5) is 13.1. The van der Waals surface area contributed by atoms with Gasteiger partial charge < -0.3 is 25.4 Å². The predicted molar refractivity (Wildman–Crippen MR) is 114 cm³/mol. The molecule has 1 aliphatic rings. The number of carbonyl (C=O) groups is 1. The summed E-state index contributed by atoms with van der Waals surface area (Å²) in [6, 6.07) is 10.2. The Morgan fingerprint density at radius 2 is 1.93 bits per heavy atom. The van der Waals surface area contributed by atoms with E-state index in [1.165, 1.54) is 19.2 Å². The smallest absolute Gasteiger partial charge is 0.387 e. The molecular weight excluding hydrogens is 436 g/mol. The normalized spacial score (nSPS) is 16.1. The van der Waals surface area contributed by atoms with E-state index >= 15 is 0 Å². The van der Waals surface area contributed by atoms with E-state index < -0.39 is 18.6 Å². The van der Waals surface area contributed by atoms with E-state index in [1.54, 1.807) is 37.3 Å². The van der Waals surface area contributed by atoms with Crippen LogP contribution in [-0.4, -0.2) is 24.7 Å². The molecule has 1 unspecified atom stereocenters. The fourth-order valence-corrected chi connectivity index (χ4v) is 3.48. The fraction of sp³-hybridized carbons (Fsp3) is 0.200. The van der Waals surface area contributed by atoms with Crippen molar-refractivity contribution in [3.8, 4) is 11.5 Å². The summed E-state index contributed by atoms with van der Waals surface area (Å²) >= 11 is 11.2. The molecule has 1 aliphatic heterocycles. The third-order valence-electron chi connectivity index (χ3n) is 4.36. The number of methoxy groups -OCH3 is 1. The molecule has 1 atom stereocenters. The van der Waals surface area contributed by atoms with E-state index in [0.29, 0.717) is 38.4 Å². The third kappa shape index (κ3) is 4.98. The Labute approximate surface area is 182 Å². The SMILES string of the molecule is COc1cc(Cl)ccc1NC(=O)C1=C(C)NC(=S)NC1c1ccc(OC(F)F)cc1. The molecule has 2 aromatic rings. The molecule has 0 saturated heterocycles. The minimum atomic E-state index is -2.92. The lowest BCUT2D eigenvalue weighted by molar-refractivity contribution is -0.113. The van der Waals surface area contributed by atoms with Crippen molar-refractivity contribution in [1.29, 1.82) is 0 Å². The lowest BCUT2D eigenvalue weighted by Gasteiger charge is -2.30. The summed E-state index contributed by atoms with van der Waals surface area (Å²) in [6.45, 7) is -1.19. The summed E-state index contributed by atoms with van der Waals surface area (Å²) in [5.74, 6) is 0.0304. The van der Waals surface area contributed by atoms with Crippen molar-refractivity contribution < 1.29 is 23.0 Å². The first-order chi connectivity index (χ1) is 14.3. The van der Waals surface area contributed by atoms with Crippen LogP contribution in [0.4, 0.5) is 14.5 Å². The monoisotopic (exact) mass is 453 g/mol. The van der Waals surface area contributed by atoms with Crippen LogP contribution in [0.1, 0.15) is 18.5 Å². The van der Waals surface area contributed by atoms with Crippen molar-refractivity contribution in [3.63, 3.8) is 0 Å². The molecule has 0 aromatic heterocycles. The number of carbonyl (C=O) groups excluding carboxylic acids is 1. The molecule has 3 N–H and O–H groups in total.